The van der Waals surface area contributed by atoms with Gasteiger partial charge in [0.1, 0.15) is 0 Å². The molecule has 0 atom stereocenters. The zero-order valence-electron chi connectivity index (χ0n) is 14.7. The summed E-state index contributed by atoms with van der Waals surface area (Å²) in [5.74, 6) is 1.69. The normalized spacial score (nSPS) is 22.2. The van der Waals surface area contributed by atoms with Crippen LogP contribution in [0.3, 0.4) is 0 Å². The Kier molecular flexibility index (Phi) is 9.78. The Bertz CT molecular complexity index is 261. The van der Waals surface area contributed by atoms with Crippen LogP contribution in [0, 0.1) is 11.8 Å². The molecule has 0 bridgehead atoms. The molecular weight excluding hydrogens is 258 g/mol. The molecule has 124 valence electrons. The van der Waals surface area contributed by atoms with E-state index in [4.69, 9.17) is 0 Å². The topological polar surface area (TPSA) is 20.3 Å². The fourth-order valence-corrected chi connectivity index (χ4v) is 3.48. The molecular formula is C19H37NO. The lowest BCUT2D eigenvalue weighted by atomic mass is 9.79. The fourth-order valence-electron chi connectivity index (χ4n) is 3.48. The van der Waals surface area contributed by atoms with Gasteiger partial charge < -0.3 is 4.90 Å². The van der Waals surface area contributed by atoms with Crippen molar-refractivity contribution in [3.63, 3.8) is 0 Å². The van der Waals surface area contributed by atoms with Gasteiger partial charge in [0.2, 0.25) is 5.91 Å². The third-order valence-electron chi connectivity index (χ3n) is 5.04. The first-order valence-electron chi connectivity index (χ1n) is 9.51. The van der Waals surface area contributed by atoms with E-state index in [2.05, 4.69) is 25.7 Å². The van der Waals surface area contributed by atoms with Crippen LogP contribution in [-0.2, 0) is 4.79 Å². The molecule has 0 saturated heterocycles. The van der Waals surface area contributed by atoms with Gasteiger partial charge in [0, 0.05) is 19.0 Å². The molecule has 0 aliphatic heterocycles. The number of carbonyl (C=O) groups excluding carboxylic acids is 1. The minimum atomic E-state index is 0.330. The van der Waals surface area contributed by atoms with Gasteiger partial charge >= 0.3 is 0 Å². The average molecular weight is 296 g/mol. The number of unbranched alkanes of at least 4 members (excludes halogenated alkanes) is 3. The van der Waals surface area contributed by atoms with Crippen LogP contribution in [0.4, 0.5) is 0 Å². The van der Waals surface area contributed by atoms with Crippen molar-refractivity contribution in [2.24, 2.45) is 11.8 Å². The molecule has 21 heavy (non-hydrogen) atoms. The SMILES string of the molecule is CCCCC1CCC(C(=O)N(CCCC)CCCC)CC1. The van der Waals surface area contributed by atoms with Gasteiger partial charge in [-0.1, -0.05) is 52.9 Å². The highest BCUT2D eigenvalue weighted by Gasteiger charge is 2.28. The lowest BCUT2D eigenvalue weighted by molar-refractivity contribution is -0.137. The van der Waals surface area contributed by atoms with E-state index in [0.717, 1.165) is 44.7 Å². The van der Waals surface area contributed by atoms with Crippen LogP contribution in [0.25, 0.3) is 0 Å². The summed E-state index contributed by atoms with van der Waals surface area (Å²) in [5.41, 5.74) is 0. The second kappa shape index (κ2) is 11.1. The van der Waals surface area contributed by atoms with Crippen molar-refractivity contribution in [2.45, 2.75) is 91.4 Å². The molecule has 1 saturated carbocycles. The van der Waals surface area contributed by atoms with Crippen LogP contribution in [0.15, 0.2) is 0 Å². The summed E-state index contributed by atoms with van der Waals surface area (Å²) in [6.45, 7) is 8.65. The highest BCUT2D eigenvalue weighted by molar-refractivity contribution is 5.78. The van der Waals surface area contributed by atoms with Gasteiger partial charge in [-0.2, -0.15) is 0 Å². The Morgan fingerprint density at radius 1 is 0.857 bits per heavy atom. The van der Waals surface area contributed by atoms with E-state index in [1.165, 1.54) is 44.9 Å². The van der Waals surface area contributed by atoms with Crippen molar-refractivity contribution in [3.05, 3.63) is 0 Å². The zero-order chi connectivity index (χ0) is 15.5. The highest BCUT2D eigenvalue weighted by atomic mass is 16.2. The Balaban J connectivity index is 2.40. The predicted octanol–water partition coefficient (Wildman–Crippen LogP) is 5.41. The van der Waals surface area contributed by atoms with Crippen molar-refractivity contribution in [3.8, 4) is 0 Å². The van der Waals surface area contributed by atoms with Crippen LogP contribution in [0.2, 0.25) is 0 Å². The lowest BCUT2D eigenvalue weighted by Crippen LogP contribution is -2.39. The molecule has 0 aromatic carbocycles. The van der Waals surface area contributed by atoms with Crippen molar-refractivity contribution < 1.29 is 4.79 Å². The first-order chi connectivity index (χ1) is 10.2. The van der Waals surface area contributed by atoms with Gasteiger partial charge in [-0.3, -0.25) is 4.79 Å². The fraction of sp³-hybridized carbons (Fsp3) is 0.947. The molecule has 1 aliphatic carbocycles. The van der Waals surface area contributed by atoms with Crippen molar-refractivity contribution >= 4 is 5.91 Å². The highest BCUT2D eigenvalue weighted by Crippen LogP contribution is 2.33. The maximum atomic E-state index is 12.8. The molecule has 1 rings (SSSR count). The summed E-state index contributed by atoms with van der Waals surface area (Å²) in [4.78, 5) is 14.9. The van der Waals surface area contributed by atoms with E-state index in [1.807, 2.05) is 0 Å². The van der Waals surface area contributed by atoms with Gasteiger partial charge in [-0.25, -0.2) is 0 Å². The van der Waals surface area contributed by atoms with E-state index in [-0.39, 0.29) is 0 Å². The van der Waals surface area contributed by atoms with Gasteiger partial charge in [0.15, 0.2) is 0 Å². The number of rotatable bonds is 10. The van der Waals surface area contributed by atoms with Crippen molar-refractivity contribution in [1.82, 2.24) is 4.90 Å². The Hall–Kier alpha value is -0.530. The largest absolute Gasteiger partial charge is 0.342 e. The minimum absolute atomic E-state index is 0.330. The number of carbonyl (C=O) groups is 1. The third-order valence-corrected chi connectivity index (χ3v) is 5.04. The van der Waals surface area contributed by atoms with E-state index < -0.39 is 0 Å². The molecule has 0 N–H and O–H groups in total. The molecule has 0 aromatic rings. The maximum Gasteiger partial charge on any atom is 0.225 e. The molecule has 1 aliphatic rings. The standard InChI is InChI=1S/C19H37NO/c1-4-7-10-17-11-13-18(14-12-17)19(21)20(15-8-5-2)16-9-6-3/h17-18H,4-16H2,1-3H3. The summed E-state index contributed by atoms with van der Waals surface area (Å²) < 4.78 is 0. The van der Waals surface area contributed by atoms with E-state index in [0.29, 0.717) is 11.8 Å². The Labute approximate surface area is 132 Å². The van der Waals surface area contributed by atoms with Gasteiger partial charge in [0.05, 0.1) is 0 Å². The van der Waals surface area contributed by atoms with Crippen LogP contribution in [0.5, 0.6) is 0 Å². The third kappa shape index (κ3) is 6.84. The van der Waals surface area contributed by atoms with E-state index >= 15 is 0 Å². The molecule has 0 unspecified atom stereocenters. The number of amides is 1. The molecule has 2 heteroatoms. The molecule has 1 fully saturated rings. The molecule has 1 amide bonds. The molecule has 0 heterocycles. The van der Waals surface area contributed by atoms with Crippen LogP contribution < -0.4 is 0 Å². The lowest BCUT2D eigenvalue weighted by Gasteiger charge is -2.32. The minimum Gasteiger partial charge on any atom is -0.342 e. The number of nitrogens with zero attached hydrogens (tertiary/aromatic N) is 1. The summed E-state index contributed by atoms with van der Waals surface area (Å²) in [5, 5.41) is 0. The summed E-state index contributed by atoms with van der Waals surface area (Å²) in [7, 11) is 0. The van der Waals surface area contributed by atoms with Crippen molar-refractivity contribution in [1.29, 1.82) is 0 Å². The van der Waals surface area contributed by atoms with E-state index in [9.17, 15) is 4.79 Å². The maximum absolute atomic E-state index is 12.8. The quantitative estimate of drug-likeness (QED) is 0.527. The average Bonchev–Trinajstić information content (AvgIpc) is 2.53. The second-order valence-corrected chi connectivity index (χ2v) is 6.89. The van der Waals surface area contributed by atoms with Crippen LogP contribution >= 0.6 is 0 Å². The second-order valence-electron chi connectivity index (χ2n) is 6.89. The predicted molar refractivity (Wildman–Crippen MR) is 91.4 cm³/mol. The first-order valence-corrected chi connectivity index (χ1v) is 9.51. The zero-order valence-corrected chi connectivity index (χ0v) is 14.7. The molecule has 0 radical (unpaired) electrons. The monoisotopic (exact) mass is 295 g/mol. The number of hydrogen-bond acceptors (Lipinski definition) is 1. The Morgan fingerprint density at radius 2 is 1.38 bits per heavy atom. The van der Waals surface area contributed by atoms with Gasteiger partial charge in [-0.05, 0) is 44.4 Å². The smallest absolute Gasteiger partial charge is 0.225 e. The van der Waals surface area contributed by atoms with Crippen LogP contribution in [0.1, 0.15) is 91.4 Å². The number of hydrogen-bond donors (Lipinski definition) is 0. The van der Waals surface area contributed by atoms with Gasteiger partial charge in [-0.15, -0.1) is 0 Å². The summed E-state index contributed by atoms with van der Waals surface area (Å²) in [6.07, 6.45) is 13.6. The molecule has 0 aromatic heterocycles. The molecule has 0 spiro atoms. The molecule has 2 nitrogen and oxygen atoms in total. The summed E-state index contributed by atoms with van der Waals surface area (Å²) >= 11 is 0. The van der Waals surface area contributed by atoms with Crippen LogP contribution in [-0.4, -0.2) is 23.9 Å². The summed E-state index contributed by atoms with van der Waals surface area (Å²) in [6, 6.07) is 0. The van der Waals surface area contributed by atoms with E-state index in [1.54, 1.807) is 0 Å². The Morgan fingerprint density at radius 3 is 1.86 bits per heavy atom. The van der Waals surface area contributed by atoms with Crippen molar-refractivity contribution in [2.75, 3.05) is 13.1 Å². The first kappa shape index (κ1) is 18.5. The van der Waals surface area contributed by atoms with Gasteiger partial charge in [0.25, 0.3) is 0 Å².